The number of hydrogen-bond acceptors (Lipinski definition) is 11. The predicted molar refractivity (Wildman–Crippen MR) is 211 cm³/mol. The fourth-order valence-corrected chi connectivity index (χ4v) is 10.1. The van der Waals surface area contributed by atoms with Crippen LogP contribution in [-0.2, 0) is 33.9 Å². The molecule has 2 saturated carbocycles. The number of esters is 1. The van der Waals surface area contributed by atoms with Gasteiger partial charge in [-0.15, -0.1) is 0 Å². The number of ketones is 1. The molecule has 3 fully saturated rings. The van der Waals surface area contributed by atoms with E-state index in [2.05, 4.69) is 14.6 Å². The highest BCUT2D eigenvalue weighted by molar-refractivity contribution is 7.90. The highest BCUT2D eigenvalue weighted by atomic mass is 32.2. The number of likely N-dealkylation sites (N-methyl/N-ethyl adjacent to an activating group) is 1. The van der Waals surface area contributed by atoms with E-state index in [-0.39, 0.29) is 37.6 Å². The molecule has 3 aliphatic heterocycles. The summed E-state index contributed by atoms with van der Waals surface area (Å²) < 4.78 is 93.8. The van der Waals surface area contributed by atoms with Crippen molar-refractivity contribution in [3.8, 4) is 11.6 Å². The second-order valence-corrected chi connectivity index (χ2v) is 18.8. The van der Waals surface area contributed by atoms with Gasteiger partial charge in [-0.05, 0) is 95.1 Å². The van der Waals surface area contributed by atoms with Crippen LogP contribution < -0.4 is 19.1 Å². The number of hydrogen-bond donors (Lipinski definition) is 1. The number of nitrogens with one attached hydrogen (secondary N) is 1. The zero-order valence-corrected chi connectivity index (χ0v) is 33.2. The zero-order chi connectivity index (χ0) is 45.2. The number of anilines is 1. The number of amides is 2. The first-order valence-corrected chi connectivity index (χ1v) is 21.2. The average molecular weight is 799 g/mol. The number of sulfonamides is 1. The van der Waals surface area contributed by atoms with E-state index in [0.717, 1.165) is 18.0 Å². The summed E-state index contributed by atoms with van der Waals surface area (Å²) in [5.41, 5.74) is -3.35. The first-order chi connectivity index (χ1) is 29.0. The third-order valence-corrected chi connectivity index (χ3v) is 13.9. The van der Waals surface area contributed by atoms with Gasteiger partial charge in [0.1, 0.15) is 18.3 Å². The van der Waals surface area contributed by atoms with Gasteiger partial charge in [0.2, 0.25) is 27.7 Å². The number of allylic oxidation sites excluding steroid dienone is 2. The number of ether oxygens (including phenoxy) is 3. The monoisotopic (exact) mass is 798 g/mol. The molecular weight excluding hydrogens is 737 g/mol. The number of carbonyl (C=O) groups excluding carboxylic acids is 4. The summed E-state index contributed by atoms with van der Waals surface area (Å²) in [6, 6.07) is 4.41. The molecule has 0 radical (unpaired) electrons. The first kappa shape index (κ1) is 32.8. The van der Waals surface area contributed by atoms with Crippen molar-refractivity contribution < 1.29 is 50.0 Å². The fraction of sp³-hybridized carbons (Fsp3) is 0.643. The minimum Gasteiger partial charge on any atom is -0.489 e. The summed E-state index contributed by atoms with van der Waals surface area (Å²) in [4.78, 5) is 65.5. The molecular formula is C42H56N4O9S. The summed E-state index contributed by atoms with van der Waals surface area (Å²) in [6.07, 6.45) is 6.30. The minimum absolute atomic E-state index is 0.0103. The van der Waals surface area contributed by atoms with Crippen molar-refractivity contribution in [2.45, 2.75) is 115 Å². The van der Waals surface area contributed by atoms with Gasteiger partial charge in [-0.2, -0.15) is 0 Å². The lowest BCUT2D eigenvalue weighted by Gasteiger charge is -2.32. The van der Waals surface area contributed by atoms with Crippen LogP contribution in [0.1, 0.15) is 100 Å². The third-order valence-electron chi connectivity index (χ3n) is 12.1. The Labute approximate surface area is 338 Å². The Balaban J connectivity index is 1.24. The SMILES string of the molecule is [2H]C([2H])([2H])C(C)(OC(=O)C[C@H]1C(=O)N2C[C@H](Oc3nccc4c5c(ccc34)N(C)CCO5)C[C@H]2C(=O)C[C@]2(C(=O)NS(=O)(=O)C3CC3)C[C@H]2/C=C\CC[C@@H](C)C[C@H]1C)C([2H])([2H])[2H]. The molecule has 1 aromatic heterocycles. The van der Waals surface area contributed by atoms with Crippen molar-refractivity contribution in [1.29, 1.82) is 0 Å². The Morgan fingerprint density at radius 2 is 1.91 bits per heavy atom. The van der Waals surface area contributed by atoms with Crippen LogP contribution in [-0.4, -0.2) is 91.6 Å². The molecule has 7 atom stereocenters. The highest BCUT2D eigenvalue weighted by Gasteiger charge is 2.61. The molecule has 2 aliphatic carbocycles. The molecule has 5 aliphatic rings. The zero-order valence-electron chi connectivity index (χ0n) is 38.4. The lowest BCUT2D eigenvalue weighted by atomic mass is 9.82. The third kappa shape index (κ3) is 8.40. The van der Waals surface area contributed by atoms with E-state index < -0.39 is 99.9 Å². The largest absolute Gasteiger partial charge is 0.489 e. The van der Waals surface area contributed by atoms with Crippen molar-refractivity contribution in [3.63, 3.8) is 0 Å². The van der Waals surface area contributed by atoms with Crippen LogP contribution >= 0.6 is 0 Å². The number of benzene rings is 1. The summed E-state index contributed by atoms with van der Waals surface area (Å²) in [7, 11) is -1.98. The maximum absolute atomic E-state index is 15.1. The summed E-state index contributed by atoms with van der Waals surface area (Å²) >= 11 is 0. The minimum atomic E-state index is -3.94. The number of aromatic nitrogens is 1. The van der Waals surface area contributed by atoms with Gasteiger partial charge >= 0.3 is 5.97 Å². The lowest BCUT2D eigenvalue weighted by Crippen LogP contribution is -2.47. The molecule has 1 aromatic carbocycles. The molecule has 13 nitrogen and oxygen atoms in total. The van der Waals surface area contributed by atoms with Crippen molar-refractivity contribution in [3.05, 3.63) is 36.5 Å². The maximum atomic E-state index is 15.1. The second-order valence-electron chi connectivity index (χ2n) is 16.8. The van der Waals surface area contributed by atoms with Gasteiger partial charge in [-0.25, -0.2) is 13.4 Å². The molecule has 2 amide bonds. The van der Waals surface area contributed by atoms with Gasteiger partial charge in [0, 0.05) is 45.1 Å². The normalized spacial score (nSPS) is 32.6. The van der Waals surface area contributed by atoms with Gasteiger partial charge in [0.25, 0.3) is 0 Å². The lowest BCUT2D eigenvalue weighted by molar-refractivity contribution is -0.160. The number of Topliss-reactive ketones (excluding diaryl/α,β-unsaturated/α-hetero) is 1. The Morgan fingerprint density at radius 1 is 1.12 bits per heavy atom. The van der Waals surface area contributed by atoms with Crippen LogP contribution in [0.25, 0.3) is 10.8 Å². The molecule has 0 unspecified atom stereocenters. The van der Waals surface area contributed by atoms with Crippen LogP contribution in [0.5, 0.6) is 11.6 Å². The quantitative estimate of drug-likeness (QED) is 0.284. The average Bonchev–Trinajstić information content (AvgIpc) is 4.11. The molecule has 2 aromatic rings. The van der Waals surface area contributed by atoms with Crippen LogP contribution in [0.15, 0.2) is 36.5 Å². The number of pyridine rings is 1. The Kier molecular flexibility index (Phi) is 8.96. The van der Waals surface area contributed by atoms with E-state index in [1.807, 2.05) is 44.3 Å². The topological polar surface area (TPSA) is 162 Å². The van der Waals surface area contributed by atoms with Crippen molar-refractivity contribution in [2.75, 3.05) is 31.6 Å². The maximum Gasteiger partial charge on any atom is 0.307 e. The highest BCUT2D eigenvalue weighted by Crippen LogP contribution is 2.57. The van der Waals surface area contributed by atoms with E-state index >= 15 is 4.79 Å². The van der Waals surface area contributed by atoms with E-state index in [4.69, 9.17) is 22.4 Å². The van der Waals surface area contributed by atoms with Crippen LogP contribution in [0, 0.1) is 29.1 Å². The molecule has 56 heavy (non-hydrogen) atoms. The summed E-state index contributed by atoms with van der Waals surface area (Å²) in [5.74, 6) is -4.28. The second kappa shape index (κ2) is 15.3. The van der Waals surface area contributed by atoms with Crippen molar-refractivity contribution in [1.82, 2.24) is 14.6 Å². The van der Waals surface area contributed by atoms with E-state index in [1.54, 1.807) is 13.1 Å². The fourth-order valence-electron chi connectivity index (χ4n) is 8.73. The van der Waals surface area contributed by atoms with Gasteiger partial charge in [0.15, 0.2) is 11.5 Å². The van der Waals surface area contributed by atoms with Crippen molar-refractivity contribution >= 4 is 50.1 Å². The van der Waals surface area contributed by atoms with E-state index in [1.165, 1.54) is 4.90 Å². The Bertz CT molecular complexity index is 2240. The summed E-state index contributed by atoms with van der Waals surface area (Å²) in [6.45, 7) is -0.818. The van der Waals surface area contributed by atoms with E-state index in [0.29, 0.717) is 56.4 Å². The van der Waals surface area contributed by atoms with Crippen molar-refractivity contribution in [2.24, 2.45) is 29.1 Å². The first-order valence-electron chi connectivity index (χ1n) is 22.7. The molecule has 304 valence electrons. The number of rotatable bonds is 7. The van der Waals surface area contributed by atoms with Crippen LogP contribution in [0.2, 0.25) is 0 Å². The number of nitrogens with zero attached hydrogens (tertiary/aromatic N) is 3. The standard InChI is InChI=1S/C42H56N4O9S/c1-25-9-7-8-10-27-22-42(27,40(50)44-56(51,52)29-11-12-29)23-35(47)34-20-28(24-46(34)39(49)32(26(2)19-25)21-36(48)55-41(3,4)5)54-38-31-13-14-33-37(30(31)15-16-43-38)53-18-17-45(33)6/h8,10,13-16,25-29,32,34H,7,9,11-12,17-24H2,1-6H3,(H,44,50)/b10-8-/t25-,26-,27-,28-,32-,34+,42-/m1/s1/i3D3,4D3. The van der Waals surface area contributed by atoms with Crippen LogP contribution in [0.3, 0.4) is 0 Å². The van der Waals surface area contributed by atoms with E-state index in [9.17, 15) is 22.8 Å². The van der Waals surface area contributed by atoms with Gasteiger partial charge in [0.05, 0.1) is 47.8 Å². The Morgan fingerprint density at radius 3 is 2.66 bits per heavy atom. The molecule has 4 heterocycles. The molecule has 14 heteroatoms. The molecule has 7 rings (SSSR count). The summed E-state index contributed by atoms with van der Waals surface area (Å²) in [5, 5.41) is 0.724. The molecule has 1 saturated heterocycles. The Hall–Kier alpha value is -4.20. The number of carbonyl (C=O) groups is 4. The molecule has 0 spiro atoms. The van der Waals surface area contributed by atoms with Gasteiger partial charge in [-0.3, -0.25) is 23.9 Å². The smallest absolute Gasteiger partial charge is 0.307 e. The predicted octanol–water partition coefficient (Wildman–Crippen LogP) is 5.35. The van der Waals surface area contributed by atoms with Crippen LogP contribution in [0.4, 0.5) is 5.69 Å². The molecule has 1 N–H and O–H groups in total. The van der Waals surface area contributed by atoms with Gasteiger partial charge in [-0.1, -0.05) is 26.0 Å². The number of fused-ring (bicyclic) bond motifs is 5. The van der Waals surface area contributed by atoms with Gasteiger partial charge < -0.3 is 24.0 Å². The molecule has 0 bridgehead atoms.